The number of rotatable bonds is 9. The van der Waals surface area contributed by atoms with Crippen LogP contribution in [0.1, 0.15) is 39.2 Å². The van der Waals surface area contributed by atoms with Crippen molar-refractivity contribution in [2.24, 2.45) is 0 Å². The van der Waals surface area contributed by atoms with Gasteiger partial charge in [-0.2, -0.15) is 4.98 Å². The Kier molecular flexibility index (Phi) is 7.35. The van der Waals surface area contributed by atoms with E-state index in [4.69, 9.17) is 8.94 Å². The molecule has 180 valence electrons. The zero-order valence-corrected chi connectivity index (χ0v) is 19.4. The molecule has 0 aliphatic rings. The first kappa shape index (κ1) is 23.9. The second kappa shape index (κ2) is 10.8. The van der Waals surface area contributed by atoms with Gasteiger partial charge in [0.2, 0.25) is 0 Å². The SMILES string of the molecule is CC(Cc1ccco1)NC(=O)c1ccc(-c2nc(CCN(C)C(=O)c3ccc(F)cc3)no2)cc1. The maximum atomic E-state index is 13.1. The number of furan rings is 1. The quantitative estimate of drug-likeness (QED) is 0.390. The van der Waals surface area contributed by atoms with E-state index in [2.05, 4.69) is 15.5 Å². The van der Waals surface area contributed by atoms with Crippen LogP contribution >= 0.6 is 0 Å². The highest BCUT2D eigenvalue weighted by Gasteiger charge is 2.16. The van der Waals surface area contributed by atoms with Crippen LogP contribution in [0.4, 0.5) is 4.39 Å². The van der Waals surface area contributed by atoms with Crippen LogP contribution in [0.3, 0.4) is 0 Å². The molecule has 0 aliphatic carbocycles. The van der Waals surface area contributed by atoms with Gasteiger partial charge in [0.05, 0.1) is 6.26 Å². The van der Waals surface area contributed by atoms with Gasteiger partial charge in [0, 0.05) is 49.2 Å². The van der Waals surface area contributed by atoms with Crippen LogP contribution in [-0.2, 0) is 12.8 Å². The zero-order chi connectivity index (χ0) is 24.8. The molecule has 0 fully saturated rings. The van der Waals surface area contributed by atoms with E-state index in [1.165, 1.54) is 29.2 Å². The number of hydrogen-bond acceptors (Lipinski definition) is 6. The number of aromatic nitrogens is 2. The van der Waals surface area contributed by atoms with Crippen LogP contribution in [-0.4, -0.2) is 46.5 Å². The Morgan fingerprint density at radius 1 is 1.06 bits per heavy atom. The first-order valence-electron chi connectivity index (χ1n) is 11.2. The minimum atomic E-state index is -0.392. The van der Waals surface area contributed by atoms with Crippen LogP contribution in [0.25, 0.3) is 11.5 Å². The van der Waals surface area contributed by atoms with Gasteiger partial charge >= 0.3 is 0 Å². The summed E-state index contributed by atoms with van der Waals surface area (Å²) in [5.41, 5.74) is 1.60. The molecule has 9 heteroatoms. The molecular formula is C26H25FN4O4. The Morgan fingerprint density at radius 2 is 1.77 bits per heavy atom. The standard InChI is InChI=1S/C26H25FN4O4/c1-17(16-22-4-3-15-34-22)28-24(32)18-5-7-19(8-6-18)25-29-23(30-35-25)13-14-31(2)26(33)20-9-11-21(27)12-10-20/h3-12,15,17H,13-14,16H2,1-2H3,(H,28,32). The van der Waals surface area contributed by atoms with Crippen molar-refractivity contribution in [3.05, 3.63) is 95.5 Å². The largest absolute Gasteiger partial charge is 0.469 e. The van der Waals surface area contributed by atoms with E-state index >= 15 is 0 Å². The van der Waals surface area contributed by atoms with E-state index in [-0.39, 0.29) is 17.9 Å². The van der Waals surface area contributed by atoms with E-state index in [0.717, 1.165) is 5.76 Å². The van der Waals surface area contributed by atoms with Crippen LogP contribution in [0.2, 0.25) is 0 Å². The number of carbonyl (C=O) groups is 2. The van der Waals surface area contributed by atoms with Gasteiger partial charge in [0.1, 0.15) is 11.6 Å². The van der Waals surface area contributed by atoms with Gasteiger partial charge in [0.15, 0.2) is 5.82 Å². The first-order chi connectivity index (χ1) is 16.9. The van der Waals surface area contributed by atoms with Crippen molar-refractivity contribution in [3.63, 3.8) is 0 Å². The smallest absolute Gasteiger partial charge is 0.257 e. The minimum absolute atomic E-state index is 0.0834. The summed E-state index contributed by atoms with van der Waals surface area (Å²) in [6.07, 6.45) is 2.60. The van der Waals surface area contributed by atoms with Crippen LogP contribution < -0.4 is 5.32 Å². The monoisotopic (exact) mass is 476 g/mol. The predicted molar refractivity (Wildman–Crippen MR) is 126 cm³/mol. The van der Waals surface area contributed by atoms with Crippen molar-refractivity contribution < 1.29 is 22.9 Å². The molecule has 2 aromatic carbocycles. The fraction of sp³-hybridized carbons (Fsp3) is 0.231. The molecule has 0 bridgehead atoms. The zero-order valence-electron chi connectivity index (χ0n) is 19.4. The fourth-order valence-electron chi connectivity index (χ4n) is 3.51. The van der Waals surface area contributed by atoms with Gasteiger partial charge in [-0.3, -0.25) is 9.59 Å². The fourth-order valence-corrected chi connectivity index (χ4v) is 3.51. The molecule has 1 atom stereocenters. The third-order valence-electron chi connectivity index (χ3n) is 5.44. The van der Waals surface area contributed by atoms with E-state index in [0.29, 0.717) is 47.8 Å². The summed E-state index contributed by atoms with van der Waals surface area (Å²) in [7, 11) is 1.66. The normalized spacial score (nSPS) is 11.7. The molecule has 4 aromatic rings. The summed E-state index contributed by atoms with van der Waals surface area (Å²) < 4.78 is 23.7. The molecule has 0 radical (unpaired) electrons. The molecule has 0 aliphatic heterocycles. The van der Waals surface area contributed by atoms with Crippen LogP contribution in [0.15, 0.2) is 75.9 Å². The van der Waals surface area contributed by atoms with Gasteiger partial charge in [0.25, 0.3) is 17.7 Å². The molecule has 1 unspecified atom stereocenters. The molecule has 0 spiro atoms. The summed E-state index contributed by atoms with van der Waals surface area (Å²) in [6.45, 7) is 2.28. The summed E-state index contributed by atoms with van der Waals surface area (Å²) in [4.78, 5) is 30.9. The highest BCUT2D eigenvalue weighted by atomic mass is 19.1. The van der Waals surface area contributed by atoms with Crippen molar-refractivity contribution in [1.82, 2.24) is 20.4 Å². The summed E-state index contributed by atoms with van der Waals surface area (Å²) in [5.74, 6) is 0.790. The lowest BCUT2D eigenvalue weighted by molar-refractivity contribution is 0.0795. The lowest BCUT2D eigenvalue weighted by atomic mass is 10.1. The third-order valence-corrected chi connectivity index (χ3v) is 5.44. The van der Waals surface area contributed by atoms with E-state index < -0.39 is 5.82 Å². The number of hydrogen-bond donors (Lipinski definition) is 1. The lowest BCUT2D eigenvalue weighted by Gasteiger charge is -2.16. The average molecular weight is 477 g/mol. The Bertz CT molecular complexity index is 1270. The summed E-state index contributed by atoms with van der Waals surface area (Å²) in [5, 5.41) is 6.93. The molecule has 0 saturated heterocycles. The van der Waals surface area contributed by atoms with E-state index in [1.54, 1.807) is 37.6 Å². The van der Waals surface area contributed by atoms with Crippen molar-refractivity contribution in [3.8, 4) is 11.5 Å². The molecule has 2 heterocycles. The topological polar surface area (TPSA) is 101 Å². The molecule has 1 N–H and O–H groups in total. The second-order valence-corrected chi connectivity index (χ2v) is 8.23. The first-order valence-corrected chi connectivity index (χ1v) is 11.2. The van der Waals surface area contributed by atoms with E-state index in [9.17, 15) is 14.0 Å². The van der Waals surface area contributed by atoms with Gasteiger partial charge in [-0.1, -0.05) is 5.16 Å². The molecule has 0 saturated carbocycles. The third kappa shape index (κ3) is 6.20. The van der Waals surface area contributed by atoms with Crippen LogP contribution in [0, 0.1) is 5.82 Å². The highest BCUT2D eigenvalue weighted by molar-refractivity contribution is 5.95. The Balaban J connectivity index is 1.30. The average Bonchev–Trinajstić information content (AvgIpc) is 3.55. The van der Waals surface area contributed by atoms with Crippen molar-refractivity contribution in [1.29, 1.82) is 0 Å². The Labute approximate surface area is 201 Å². The number of amides is 2. The van der Waals surface area contributed by atoms with Crippen molar-refractivity contribution in [2.75, 3.05) is 13.6 Å². The minimum Gasteiger partial charge on any atom is -0.469 e. The maximum absolute atomic E-state index is 13.1. The summed E-state index contributed by atoms with van der Waals surface area (Å²) in [6, 6.07) is 15.9. The van der Waals surface area contributed by atoms with Gasteiger partial charge < -0.3 is 19.2 Å². The molecule has 35 heavy (non-hydrogen) atoms. The van der Waals surface area contributed by atoms with Gasteiger partial charge in [-0.25, -0.2) is 4.39 Å². The van der Waals surface area contributed by atoms with Gasteiger partial charge in [-0.15, -0.1) is 0 Å². The lowest BCUT2D eigenvalue weighted by Crippen LogP contribution is -2.33. The predicted octanol–water partition coefficient (Wildman–Crippen LogP) is 4.14. The number of benzene rings is 2. The molecular weight excluding hydrogens is 451 g/mol. The molecule has 2 aromatic heterocycles. The second-order valence-electron chi connectivity index (χ2n) is 8.23. The molecule has 2 amide bonds. The number of nitrogens with zero attached hydrogens (tertiary/aromatic N) is 3. The highest BCUT2D eigenvalue weighted by Crippen LogP contribution is 2.18. The molecule has 4 rings (SSSR count). The summed E-state index contributed by atoms with van der Waals surface area (Å²) >= 11 is 0. The van der Waals surface area contributed by atoms with Crippen LogP contribution in [0.5, 0.6) is 0 Å². The maximum Gasteiger partial charge on any atom is 0.257 e. The van der Waals surface area contributed by atoms with E-state index in [1.807, 2.05) is 19.1 Å². The number of carbonyl (C=O) groups excluding carboxylic acids is 2. The Hall–Kier alpha value is -4.27. The van der Waals surface area contributed by atoms with Gasteiger partial charge in [-0.05, 0) is 67.6 Å². The van der Waals surface area contributed by atoms with Crippen molar-refractivity contribution in [2.45, 2.75) is 25.8 Å². The Morgan fingerprint density at radius 3 is 2.46 bits per heavy atom. The number of halogens is 1. The number of likely N-dealkylation sites (N-methyl/N-ethyl adjacent to an activating group) is 1. The number of nitrogens with one attached hydrogen (secondary N) is 1. The molecule has 8 nitrogen and oxygen atoms in total. The van der Waals surface area contributed by atoms with Crippen molar-refractivity contribution >= 4 is 11.8 Å².